The highest BCUT2D eigenvalue weighted by Crippen LogP contribution is 2.28. The highest BCUT2D eigenvalue weighted by atomic mass is 19.4. The zero-order valence-electron chi connectivity index (χ0n) is 21.4. The van der Waals surface area contributed by atoms with Crippen molar-refractivity contribution in [2.24, 2.45) is 0 Å². The predicted molar refractivity (Wildman–Crippen MR) is 112 cm³/mol. The van der Waals surface area contributed by atoms with Gasteiger partial charge in [-0.1, -0.05) is 0 Å². The minimum absolute atomic E-state index is 0.209. The Kier molecular flexibility index (Phi) is 13.2. The highest BCUT2D eigenvalue weighted by molar-refractivity contribution is 5.82. The number of nitrogens with one attached hydrogen (secondary N) is 2. The van der Waals surface area contributed by atoms with Crippen LogP contribution in [0, 0.1) is 0 Å². The number of halogens is 10. The lowest BCUT2D eigenvalue weighted by Crippen LogP contribution is -2.47. The van der Waals surface area contributed by atoms with Crippen molar-refractivity contribution in [3.63, 3.8) is 0 Å². The van der Waals surface area contributed by atoms with Crippen molar-refractivity contribution in [1.29, 1.82) is 0 Å². The number of carbonyl (C=O) groups excluding carboxylic acids is 2. The molecule has 38 heavy (non-hydrogen) atoms. The largest absolute Gasteiger partial charge is 0.527 e. The van der Waals surface area contributed by atoms with Gasteiger partial charge in [-0.25, -0.2) is 9.47 Å². The molecule has 0 aliphatic rings. The van der Waals surface area contributed by atoms with Crippen LogP contribution in [0.15, 0.2) is 0 Å². The summed E-state index contributed by atoms with van der Waals surface area (Å²) >= 11 is 0. The van der Waals surface area contributed by atoms with Crippen molar-refractivity contribution < 1.29 is 71.9 Å². The molecule has 0 saturated heterocycles. The summed E-state index contributed by atoms with van der Waals surface area (Å²) in [6.45, 7) is 1.56. The van der Waals surface area contributed by atoms with Gasteiger partial charge in [0.25, 0.3) is 0 Å². The number of amides is 2. The Morgan fingerprint density at radius 3 is 1.08 bits per heavy atom. The molecule has 0 aromatic carbocycles. The zero-order valence-corrected chi connectivity index (χ0v) is 21.4. The second-order valence-corrected chi connectivity index (χ2v) is 9.82. The molecular weight excluding hydrogens is 550 g/mol. The van der Waals surface area contributed by atoms with E-state index in [9.17, 15) is 53.5 Å². The van der Waals surface area contributed by atoms with E-state index in [4.69, 9.17) is 0 Å². The minimum Gasteiger partial charge on any atom is -0.348 e. The van der Waals surface area contributed by atoms with Crippen molar-refractivity contribution in [1.82, 2.24) is 10.6 Å². The average molecular weight is 584 g/mol. The van der Waals surface area contributed by atoms with E-state index in [1.807, 2.05) is 28.2 Å². The number of alkyl halides is 10. The summed E-state index contributed by atoms with van der Waals surface area (Å²) in [5, 5.41) is 3.41. The van der Waals surface area contributed by atoms with Gasteiger partial charge in [0.1, 0.15) is 0 Å². The first kappa shape index (κ1) is 36.1. The summed E-state index contributed by atoms with van der Waals surface area (Å²) in [4.78, 5) is 22.4. The number of rotatable bonds is 17. The van der Waals surface area contributed by atoms with Crippen molar-refractivity contribution in [2.75, 3.05) is 67.5 Å². The second kappa shape index (κ2) is 13.9. The molecule has 0 aromatic rings. The summed E-state index contributed by atoms with van der Waals surface area (Å²) < 4.78 is 130. The fourth-order valence-corrected chi connectivity index (χ4v) is 3.31. The molecule has 0 radical (unpaired) electrons. The average Bonchev–Trinajstić information content (AvgIpc) is 2.68. The quantitative estimate of drug-likeness (QED) is 0.157. The number of carbonyl (C=O) groups is 2. The van der Waals surface area contributed by atoms with Crippen LogP contribution in [0.25, 0.3) is 0 Å². The third-order valence-corrected chi connectivity index (χ3v) is 5.24. The second-order valence-electron chi connectivity index (χ2n) is 9.82. The number of unbranched alkanes of at least 4 members (excludes halogenated alkanes) is 1. The number of hydrogen-bond acceptors (Lipinski definition) is 4. The van der Waals surface area contributed by atoms with Gasteiger partial charge in [0.2, 0.25) is 0 Å². The van der Waals surface area contributed by atoms with Gasteiger partial charge in [0.15, 0.2) is 0 Å². The number of hydrogen-bond donors (Lipinski definition) is 2. The number of nitrogens with zero attached hydrogens (tertiary/aromatic N) is 2. The Bertz CT molecular complexity index is 697. The van der Waals surface area contributed by atoms with Crippen LogP contribution in [-0.4, -0.2) is 113 Å². The van der Waals surface area contributed by atoms with Crippen LogP contribution in [0.3, 0.4) is 0 Å². The molecule has 0 aromatic heterocycles. The molecule has 0 aliphatic carbocycles. The van der Waals surface area contributed by atoms with Crippen molar-refractivity contribution in [2.45, 2.75) is 50.6 Å². The molecule has 0 unspecified atom stereocenters. The van der Waals surface area contributed by atoms with Gasteiger partial charge < -0.3 is 19.6 Å². The van der Waals surface area contributed by atoms with Gasteiger partial charge >= 0.3 is 36.8 Å². The highest BCUT2D eigenvalue weighted by Gasteiger charge is 2.51. The normalized spacial score (nSPS) is 13.9. The first-order chi connectivity index (χ1) is 16.9. The molecule has 0 spiro atoms. The molecule has 0 saturated carbocycles. The SMILES string of the molecule is C[N+](C)(CCCC[N+](C)(C)CCCNC(=O)C(F)(F)OC(F)(F)F)CCCNC(=O)C(F)(F)OC(F)(F)F. The van der Waals surface area contributed by atoms with Crippen molar-refractivity contribution in [3.05, 3.63) is 0 Å². The van der Waals surface area contributed by atoms with Crippen LogP contribution in [0.1, 0.15) is 25.7 Å². The van der Waals surface area contributed by atoms with Crippen LogP contribution in [-0.2, 0) is 19.1 Å². The Hall–Kier alpha value is -1.92. The lowest BCUT2D eigenvalue weighted by Gasteiger charge is -2.32. The molecule has 0 atom stereocenters. The summed E-state index contributed by atoms with van der Waals surface area (Å²) in [6.07, 6.45) is -19.6. The van der Waals surface area contributed by atoms with Crippen LogP contribution < -0.4 is 10.6 Å². The third kappa shape index (κ3) is 16.8. The maximum atomic E-state index is 13.1. The topological polar surface area (TPSA) is 76.7 Å². The van der Waals surface area contributed by atoms with E-state index in [1.165, 1.54) is 0 Å². The first-order valence-electron chi connectivity index (χ1n) is 11.4. The summed E-state index contributed by atoms with van der Waals surface area (Å²) in [5.74, 6) is -4.38. The van der Waals surface area contributed by atoms with E-state index >= 15 is 0 Å². The molecule has 2 N–H and O–H groups in total. The van der Waals surface area contributed by atoms with E-state index in [0.717, 1.165) is 12.8 Å². The smallest absolute Gasteiger partial charge is 0.348 e. The Morgan fingerprint density at radius 1 is 0.553 bits per heavy atom. The van der Waals surface area contributed by atoms with E-state index in [-0.39, 0.29) is 25.9 Å². The van der Waals surface area contributed by atoms with Crippen LogP contribution >= 0.6 is 0 Å². The zero-order chi connectivity index (χ0) is 30.1. The third-order valence-electron chi connectivity index (χ3n) is 5.24. The van der Waals surface area contributed by atoms with Crippen molar-refractivity contribution >= 4 is 11.8 Å². The lowest BCUT2D eigenvalue weighted by molar-refractivity contribution is -0.896. The molecule has 0 bridgehead atoms. The molecule has 0 heterocycles. The molecule has 0 fully saturated rings. The van der Waals surface area contributed by atoms with Crippen LogP contribution in [0.4, 0.5) is 43.9 Å². The van der Waals surface area contributed by atoms with Gasteiger partial charge in [-0.2, -0.15) is 17.6 Å². The fourth-order valence-electron chi connectivity index (χ4n) is 3.31. The summed E-state index contributed by atoms with van der Waals surface area (Å²) in [7, 11) is 7.35. The van der Waals surface area contributed by atoms with E-state index in [1.54, 1.807) is 10.6 Å². The Labute approximate surface area is 213 Å². The van der Waals surface area contributed by atoms with Gasteiger partial charge in [-0.05, 0) is 0 Å². The molecule has 18 heteroatoms. The minimum atomic E-state index is -5.67. The standard InChI is InChI=1S/C20H32F10N4O4/c1-33(2,13-7-9-31-15(35)17(21,22)37-19(25,26)27)11-5-6-12-34(3,4)14-8-10-32-16(36)18(23,24)38-20(28,29)30/h5-14H2,1-4H3/p+2. The molecule has 0 rings (SSSR count). The maximum absolute atomic E-state index is 13.1. The van der Waals surface area contributed by atoms with Crippen LogP contribution in [0.5, 0.6) is 0 Å². The summed E-state index contributed by atoms with van der Waals surface area (Å²) in [6, 6.07) is 0. The molecule has 0 aliphatic heterocycles. The summed E-state index contributed by atoms with van der Waals surface area (Å²) in [5.41, 5.74) is 0. The van der Waals surface area contributed by atoms with E-state index in [2.05, 4.69) is 9.47 Å². The van der Waals surface area contributed by atoms with Crippen molar-refractivity contribution in [3.8, 4) is 0 Å². The monoisotopic (exact) mass is 584 g/mol. The van der Waals surface area contributed by atoms with Gasteiger partial charge in [-0.3, -0.25) is 9.59 Å². The maximum Gasteiger partial charge on any atom is 0.527 e. The first-order valence-corrected chi connectivity index (χ1v) is 11.4. The fraction of sp³-hybridized carbons (Fsp3) is 0.900. The Balaban J connectivity index is 4.22. The molecule has 226 valence electrons. The van der Waals surface area contributed by atoms with Gasteiger partial charge in [-0.15, -0.1) is 26.3 Å². The molecular formula is C20H34F10N4O4+2. The number of quaternary nitrogens is 2. The lowest BCUT2D eigenvalue weighted by atomic mass is 10.2. The van der Waals surface area contributed by atoms with Gasteiger partial charge in [0, 0.05) is 38.8 Å². The number of ether oxygens (including phenoxy) is 2. The van der Waals surface area contributed by atoms with Crippen LogP contribution in [0.2, 0.25) is 0 Å². The molecule has 8 nitrogen and oxygen atoms in total. The van der Waals surface area contributed by atoms with E-state index in [0.29, 0.717) is 35.1 Å². The van der Waals surface area contributed by atoms with E-state index < -0.39 is 36.8 Å². The Morgan fingerprint density at radius 2 is 0.816 bits per heavy atom. The van der Waals surface area contributed by atoms with Gasteiger partial charge in [0.05, 0.1) is 54.4 Å². The predicted octanol–water partition coefficient (Wildman–Crippen LogP) is 3.19. The molecule has 2 amide bonds.